The molecule has 1 amide bonds. The van der Waals surface area contributed by atoms with Gasteiger partial charge in [0.15, 0.2) is 0 Å². The Balaban J connectivity index is 1.24. The van der Waals surface area contributed by atoms with Gasteiger partial charge in [-0.2, -0.15) is 4.98 Å². The van der Waals surface area contributed by atoms with E-state index in [1.807, 2.05) is 42.5 Å². The lowest BCUT2D eigenvalue weighted by Crippen LogP contribution is -2.43. The number of likely N-dealkylation sites (tertiary alicyclic amines) is 1. The van der Waals surface area contributed by atoms with Crippen LogP contribution in [0.1, 0.15) is 18.7 Å². The van der Waals surface area contributed by atoms with Gasteiger partial charge in [-0.05, 0) is 55.8 Å². The van der Waals surface area contributed by atoms with Gasteiger partial charge in [0.05, 0.1) is 17.5 Å². The van der Waals surface area contributed by atoms with Crippen molar-refractivity contribution < 1.29 is 9.32 Å². The van der Waals surface area contributed by atoms with E-state index in [1.165, 1.54) is 0 Å². The number of thioether (sulfide) groups is 1. The lowest BCUT2D eigenvalue weighted by molar-refractivity contribution is -0.126. The number of amides is 1. The summed E-state index contributed by atoms with van der Waals surface area (Å²) in [5, 5.41) is 8.45. The first kappa shape index (κ1) is 23.1. The van der Waals surface area contributed by atoms with Crippen molar-refractivity contribution in [2.75, 3.05) is 25.4 Å². The zero-order valence-electron chi connectivity index (χ0n) is 17.5. The summed E-state index contributed by atoms with van der Waals surface area (Å²) >= 11 is 13.8. The SMILES string of the molecule is O=C(NCCSc1ccc(Cl)cc1)C1CCCN(Cc2nc(-c3ccccc3Cl)no2)C1. The van der Waals surface area contributed by atoms with Gasteiger partial charge in [-0.3, -0.25) is 9.69 Å². The second-order valence-electron chi connectivity index (χ2n) is 7.66. The molecule has 0 radical (unpaired) electrons. The Bertz CT molecular complexity index is 1040. The molecule has 0 spiro atoms. The first-order chi connectivity index (χ1) is 15.6. The Morgan fingerprint density at radius 3 is 2.81 bits per heavy atom. The third kappa shape index (κ3) is 6.25. The highest BCUT2D eigenvalue weighted by molar-refractivity contribution is 7.99. The van der Waals surface area contributed by atoms with E-state index in [9.17, 15) is 4.79 Å². The average Bonchev–Trinajstić information content (AvgIpc) is 3.26. The molecule has 4 rings (SSSR count). The van der Waals surface area contributed by atoms with Gasteiger partial charge in [-0.15, -0.1) is 11.8 Å². The normalized spacial score (nSPS) is 16.8. The van der Waals surface area contributed by atoms with Crippen molar-refractivity contribution in [3.8, 4) is 11.4 Å². The molecule has 0 aliphatic carbocycles. The van der Waals surface area contributed by atoms with Crippen LogP contribution in [0.5, 0.6) is 0 Å². The quantitative estimate of drug-likeness (QED) is 0.347. The first-order valence-corrected chi connectivity index (χ1v) is 12.3. The highest BCUT2D eigenvalue weighted by atomic mass is 35.5. The fraction of sp³-hybridized carbons (Fsp3) is 0.348. The highest BCUT2D eigenvalue weighted by Gasteiger charge is 2.26. The fourth-order valence-corrected chi connectivity index (χ4v) is 4.81. The molecule has 168 valence electrons. The molecule has 1 aromatic heterocycles. The molecule has 1 unspecified atom stereocenters. The number of nitrogens with one attached hydrogen (secondary N) is 1. The number of aromatic nitrogens is 2. The van der Waals surface area contributed by atoms with Gasteiger partial charge in [0.2, 0.25) is 17.6 Å². The molecule has 1 aliphatic heterocycles. The number of hydrogen-bond acceptors (Lipinski definition) is 6. The average molecular weight is 491 g/mol. The lowest BCUT2D eigenvalue weighted by Gasteiger charge is -2.30. The van der Waals surface area contributed by atoms with Crippen LogP contribution in [0.2, 0.25) is 10.0 Å². The molecule has 1 N–H and O–H groups in total. The Hall–Kier alpha value is -2.06. The Labute approximate surface area is 201 Å². The molecule has 1 aliphatic rings. The summed E-state index contributed by atoms with van der Waals surface area (Å²) in [6, 6.07) is 15.1. The number of hydrogen-bond donors (Lipinski definition) is 1. The molecule has 9 heteroatoms. The van der Waals surface area contributed by atoms with E-state index in [0.29, 0.717) is 36.4 Å². The van der Waals surface area contributed by atoms with E-state index < -0.39 is 0 Å². The number of nitrogens with zero attached hydrogens (tertiary/aromatic N) is 3. The predicted molar refractivity (Wildman–Crippen MR) is 128 cm³/mol. The van der Waals surface area contributed by atoms with Crippen LogP contribution in [0.4, 0.5) is 0 Å². The van der Waals surface area contributed by atoms with Crippen molar-refractivity contribution in [3.05, 3.63) is 64.5 Å². The molecule has 1 atom stereocenters. The number of rotatable bonds is 8. The maximum atomic E-state index is 12.6. The van der Waals surface area contributed by atoms with Crippen LogP contribution >= 0.6 is 35.0 Å². The molecular formula is C23H24Cl2N4O2S. The summed E-state index contributed by atoms with van der Waals surface area (Å²) < 4.78 is 5.43. The highest BCUT2D eigenvalue weighted by Crippen LogP contribution is 2.26. The standard InChI is InChI=1S/C23H24Cl2N4O2S/c24-17-7-9-18(10-8-17)32-13-11-26-23(30)16-4-3-12-29(14-16)15-21-27-22(28-31-21)19-5-1-2-6-20(19)25/h1-2,5-10,16H,3-4,11-15H2,(H,26,30). The zero-order chi connectivity index (χ0) is 22.3. The van der Waals surface area contributed by atoms with Crippen molar-refractivity contribution in [2.24, 2.45) is 5.92 Å². The van der Waals surface area contributed by atoms with Crippen LogP contribution in [0, 0.1) is 5.92 Å². The summed E-state index contributed by atoms with van der Waals surface area (Å²) in [5.74, 6) is 1.90. The summed E-state index contributed by atoms with van der Waals surface area (Å²) in [4.78, 5) is 20.5. The van der Waals surface area contributed by atoms with Crippen molar-refractivity contribution in [1.29, 1.82) is 0 Å². The van der Waals surface area contributed by atoms with Crippen LogP contribution < -0.4 is 5.32 Å². The molecule has 1 fully saturated rings. The second-order valence-corrected chi connectivity index (χ2v) is 9.67. The number of benzene rings is 2. The van der Waals surface area contributed by atoms with E-state index in [4.69, 9.17) is 27.7 Å². The summed E-state index contributed by atoms with van der Waals surface area (Å²) in [7, 11) is 0. The van der Waals surface area contributed by atoms with Gasteiger partial charge >= 0.3 is 0 Å². The Kier molecular flexibility index (Phi) is 8.08. The number of halogens is 2. The van der Waals surface area contributed by atoms with E-state index >= 15 is 0 Å². The van der Waals surface area contributed by atoms with Crippen LogP contribution in [-0.4, -0.2) is 46.3 Å². The number of piperidine rings is 1. The Morgan fingerprint density at radius 2 is 2.00 bits per heavy atom. The fourth-order valence-electron chi connectivity index (χ4n) is 3.69. The first-order valence-electron chi connectivity index (χ1n) is 10.5. The largest absolute Gasteiger partial charge is 0.355 e. The van der Waals surface area contributed by atoms with Crippen molar-refractivity contribution in [3.63, 3.8) is 0 Å². The minimum absolute atomic E-state index is 0.0322. The van der Waals surface area contributed by atoms with E-state index in [-0.39, 0.29) is 11.8 Å². The summed E-state index contributed by atoms with van der Waals surface area (Å²) in [6.07, 6.45) is 1.85. The maximum absolute atomic E-state index is 12.6. The monoisotopic (exact) mass is 490 g/mol. The molecule has 32 heavy (non-hydrogen) atoms. The van der Waals surface area contributed by atoms with Crippen LogP contribution in [0.25, 0.3) is 11.4 Å². The minimum Gasteiger partial charge on any atom is -0.355 e. The molecule has 0 bridgehead atoms. The van der Waals surface area contributed by atoms with Crippen LogP contribution in [0.3, 0.4) is 0 Å². The van der Waals surface area contributed by atoms with Gasteiger partial charge in [0, 0.05) is 34.3 Å². The molecule has 2 heterocycles. The van der Waals surface area contributed by atoms with Gasteiger partial charge in [0.25, 0.3) is 0 Å². The van der Waals surface area contributed by atoms with E-state index in [2.05, 4.69) is 20.4 Å². The van der Waals surface area contributed by atoms with Gasteiger partial charge in [-0.25, -0.2) is 0 Å². The summed E-state index contributed by atoms with van der Waals surface area (Å²) in [6.45, 7) is 2.74. The third-order valence-corrected chi connectivity index (χ3v) is 6.90. The Morgan fingerprint density at radius 1 is 1.19 bits per heavy atom. The smallest absolute Gasteiger partial charge is 0.241 e. The molecule has 1 saturated heterocycles. The molecule has 3 aromatic rings. The molecule has 2 aromatic carbocycles. The number of carbonyl (C=O) groups excluding carboxylic acids is 1. The van der Waals surface area contributed by atoms with Crippen LogP contribution in [0.15, 0.2) is 57.9 Å². The van der Waals surface area contributed by atoms with E-state index in [1.54, 1.807) is 17.8 Å². The van der Waals surface area contributed by atoms with Crippen LogP contribution in [-0.2, 0) is 11.3 Å². The summed E-state index contributed by atoms with van der Waals surface area (Å²) in [5.41, 5.74) is 0.747. The number of carbonyl (C=O) groups is 1. The third-order valence-electron chi connectivity index (χ3n) is 5.30. The molecular weight excluding hydrogens is 467 g/mol. The predicted octanol–water partition coefficient (Wildman–Crippen LogP) is 5.16. The topological polar surface area (TPSA) is 71.3 Å². The molecule has 6 nitrogen and oxygen atoms in total. The second kappa shape index (κ2) is 11.2. The van der Waals surface area contributed by atoms with Crippen molar-refractivity contribution in [1.82, 2.24) is 20.4 Å². The lowest BCUT2D eigenvalue weighted by atomic mass is 9.97. The van der Waals surface area contributed by atoms with Gasteiger partial charge in [0.1, 0.15) is 0 Å². The van der Waals surface area contributed by atoms with Crippen molar-refractivity contribution in [2.45, 2.75) is 24.3 Å². The maximum Gasteiger partial charge on any atom is 0.241 e. The minimum atomic E-state index is -0.0322. The van der Waals surface area contributed by atoms with Crippen molar-refractivity contribution >= 4 is 40.9 Å². The molecule has 0 saturated carbocycles. The zero-order valence-corrected chi connectivity index (χ0v) is 19.8. The van der Waals surface area contributed by atoms with Gasteiger partial charge < -0.3 is 9.84 Å². The van der Waals surface area contributed by atoms with E-state index in [0.717, 1.165) is 40.6 Å². The van der Waals surface area contributed by atoms with Gasteiger partial charge in [-0.1, -0.05) is 40.5 Å².